The molecule has 0 aliphatic rings. The van der Waals surface area contributed by atoms with Crippen LogP contribution in [0.2, 0.25) is 0 Å². The second kappa shape index (κ2) is 31.0. The normalized spacial score (nSPS) is 14.4. The van der Waals surface area contributed by atoms with Crippen molar-refractivity contribution in [2.24, 2.45) is 29.0 Å². The fraction of sp³-hybridized carbons (Fsp3) is 0.578. The number of benzene rings is 1. The van der Waals surface area contributed by atoms with Crippen LogP contribution in [0.4, 0.5) is 4.79 Å². The second-order valence-electron chi connectivity index (χ2n) is 17.5. The van der Waals surface area contributed by atoms with Gasteiger partial charge in [0, 0.05) is 31.3 Å². The summed E-state index contributed by atoms with van der Waals surface area (Å²) in [5, 5.41) is 49.0. The predicted octanol–water partition coefficient (Wildman–Crippen LogP) is -2.52. The van der Waals surface area contributed by atoms with Gasteiger partial charge in [-0.25, -0.2) is 14.6 Å². The van der Waals surface area contributed by atoms with Crippen LogP contribution in [0.15, 0.2) is 36.8 Å². The lowest BCUT2D eigenvalue weighted by molar-refractivity contribution is -0.143. The minimum atomic E-state index is -1.91. The van der Waals surface area contributed by atoms with Crippen molar-refractivity contribution in [3.8, 4) is 5.75 Å². The molecule has 0 fully saturated rings. The fourth-order valence-corrected chi connectivity index (χ4v) is 6.93. The van der Waals surface area contributed by atoms with E-state index in [0.717, 1.165) is 0 Å². The number of carboxylic acids is 2. The number of amides is 9. The van der Waals surface area contributed by atoms with Crippen LogP contribution in [0.1, 0.15) is 90.3 Å². The maximum Gasteiger partial charge on any atom is 0.326 e. The summed E-state index contributed by atoms with van der Waals surface area (Å²) in [7, 11) is 0. The number of phenols is 1. The van der Waals surface area contributed by atoms with Crippen molar-refractivity contribution < 1.29 is 63.3 Å². The number of aromatic amines is 1. The smallest absolute Gasteiger partial charge is 0.326 e. The number of nitrogens with zero attached hydrogens (tertiary/aromatic N) is 1. The molecule has 0 bridgehead atoms. The van der Waals surface area contributed by atoms with Crippen LogP contribution in [0.5, 0.6) is 5.75 Å². The van der Waals surface area contributed by atoms with E-state index in [1.165, 1.54) is 36.8 Å². The van der Waals surface area contributed by atoms with Gasteiger partial charge in [-0.05, 0) is 74.6 Å². The summed E-state index contributed by atoms with van der Waals surface area (Å²) < 4.78 is 0. The molecule has 0 spiro atoms. The number of carboxylic acid groups (broad SMARTS) is 2. The molecule has 1 heterocycles. The number of H-pyrrole nitrogens is 1. The summed E-state index contributed by atoms with van der Waals surface area (Å²) >= 11 is 0. The lowest BCUT2D eigenvalue weighted by atomic mass is 9.97. The molecule has 1 aromatic carbocycles. The molecule has 0 saturated carbocycles. The van der Waals surface area contributed by atoms with Gasteiger partial charge in [0.2, 0.25) is 41.4 Å². The van der Waals surface area contributed by atoms with Crippen LogP contribution in [0.25, 0.3) is 0 Å². The molecule has 2 rings (SSSR count). The minimum Gasteiger partial charge on any atom is -0.508 e. The van der Waals surface area contributed by atoms with E-state index in [9.17, 15) is 63.3 Å². The first-order chi connectivity index (χ1) is 33.5. The van der Waals surface area contributed by atoms with E-state index in [2.05, 4.69) is 52.5 Å². The highest BCUT2D eigenvalue weighted by atomic mass is 16.4. The Balaban J connectivity index is 2.40. The van der Waals surface area contributed by atoms with Crippen LogP contribution in [0, 0.1) is 11.8 Å². The van der Waals surface area contributed by atoms with Gasteiger partial charge in [-0.3, -0.25) is 38.4 Å². The Labute approximate surface area is 410 Å². The van der Waals surface area contributed by atoms with E-state index in [4.69, 9.17) is 17.2 Å². The molecular weight excluding hydrogens is 931 g/mol. The Hall–Kier alpha value is -7.35. The second-order valence-corrected chi connectivity index (χ2v) is 17.5. The third-order valence-corrected chi connectivity index (χ3v) is 11.1. The Morgan fingerprint density at radius 1 is 0.676 bits per heavy atom. The quantitative estimate of drug-likeness (QED) is 0.0328. The summed E-state index contributed by atoms with van der Waals surface area (Å²) in [6.07, 6.45) is 2.50. The molecule has 394 valence electrons. The van der Waals surface area contributed by atoms with Gasteiger partial charge in [-0.1, -0.05) is 46.2 Å². The van der Waals surface area contributed by atoms with Crippen molar-refractivity contribution in [1.29, 1.82) is 0 Å². The van der Waals surface area contributed by atoms with E-state index in [1.807, 2.05) is 20.8 Å². The zero-order valence-corrected chi connectivity index (χ0v) is 40.5. The molecule has 0 saturated heterocycles. The summed E-state index contributed by atoms with van der Waals surface area (Å²) in [5.74, 6) is -9.58. The highest BCUT2D eigenvalue weighted by molar-refractivity contribution is 5.98. The highest BCUT2D eigenvalue weighted by Gasteiger charge is 2.34. The number of aromatic nitrogens is 2. The van der Waals surface area contributed by atoms with Gasteiger partial charge in [0.25, 0.3) is 0 Å². The topological polar surface area (TPSA) is 434 Å². The van der Waals surface area contributed by atoms with Crippen LogP contribution >= 0.6 is 0 Å². The Bertz CT molecular complexity index is 2090. The van der Waals surface area contributed by atoms with Gasteiger partial charge in [0.05, 0.1) is 25.3 Å². The van der Waals surface area contributed by atoms with Crippen molar-refractivity contribution in [1.82, 2.24) is 52.5 Å². The lowest BCUT2D eigenvalue weighted by Crippen LogP contribution is -2.60. The van der Waals surface area contributed by atoms with Gasteiger partial charge >= 0.3 is 18.0 Å². The number of nitrogens with two attached hydrogens (primary N) is 3. The van der Waals surface area contributed by atoms with Gasteiger partial charge in [-0.15, -0.1) is 0 Å². The molecule has 8 atom stereocenters. The van der Waals surface area contributed by atoms with E-state index in [1.54, 1.807) is 6.92 Å². The van der Waals surface area contributed by atoms with Crippen molar-refractivity contribution in [2.45, 2.75) is 134 Å². The largest absolute Gasteiger partial charge is 0.508 e. The fourth-order valence-electron chi connectivity index (χ4n) is 6.93. The van der Waals surface area contributed by atoms with Crippen LogP contribution in [-0.2, 0) is 56.0 Å². The van der Waals surface area contributed by atoms with E-state index < -0.39 is 115 Å². The number of rotatable bonds is 33. The van der Waals surface area contributed by atoms with Crippen LogP contribution in [-0.4, -0.2) is 147 Å². The maximum atomic E-state index is 14.1. The average molecular weight is 1000 g/mol. The molecule has 0 radical (unpaired) electrons. The number of carbonyl (C=O) groups excluding carboxylic acids is 8. The number of hydrogen-bond donors (Lipinski definition) is 15. The number of nitrogens with one attached hydrogen (secondary N) is 9. The number of carbonyl (C=O) groups is 10. The first kappa shape index (κ1) is 59.8. The van der Waals surface area contributed by atoms with Crippen molar-refractivity contribution in [3.05, 3.63) is 48.0 Å². The van der Waals surface area contributed by atoms with Crippen LogP contribution in [0.3, 0.4) is 0 Å². The van der Waals surface area contributed by atoms with E-state index in [-0.39, 0.29) is 69.2 Å². The molecular formula is C45H71N13O13. The first-order valence-corrected chi connectivity index (χ1v) is 23.3. The molecule has 0 aliphatic carbocycles. The third kappa shape index (κ3) is 22.7. The number of imidazole rings is 1. The van der Waals surface area contributed by atoms with Gasteiger partial charge in [0.15, 0.2) is 0 Å². The summed E-state index contributed by atoms with van der Waals surface area (Å²) in [4.78, 5) is 138. The van der Waals surface area contributed by atoms with Gasteiger partial charge < -0.3 is 80.0 Å². The molecule has 0 aliphatic heterocycles. The number of hydrogen-bond acceptors (Lipinski definition) is 14. The highest BCUT2D eigenvalue weighted by Crippen LogP contribution is 2.14. The Kier molecular flexibility index (Phi) is 26.1. The van der Waals surface area contributed by atoms with E-state index >= 15 is 0 Å². The number of primary amides is 1. The number of phenolic OH excluding ortho intramolecular Hbond substituents is 1. The summed E-state index contributed by atoms with van der Waals surface area (Å²) in [6, 6.07) is -5.23. The first-order valence-electron chi connectivity index (χ1n) is 23.3. The summed E-state index contributed by atoms with van der Waals surface area (Å²) in [6.45, 7) is 6.85. The van der Waals surface area contributed by atoms with Gasteiger partial charge in [-0.2, -0.15) is 0 Å². The number of aromatic hydroxyl groups is 1. The molecule has 71 heavy (non-hydrogen) atoms. The van der Waals surface area contributed by atoms with Crippen molar-refractivity contribution in [3.63, 3.8) is 0 Å². The predicted molar refractivity (Wildman–Crippen MR) is 255 cm³/mol. The number of aliphatic carboxylic acids is 2. The average Bonchev–Trinajstić information content (AvgIpc) is 3.83. The molecule has 18 N–H and O–H groups in total. The number of urea groups is 1. The molecule has 2 aromatic rings. The van der Waals surface area contributed by atoms with Crippen molar-refractivity contribution >= 4 is 59.3 Å². The third-order valence-electron chi connectivity index (χ3n) is 11.1. The number of unbranched alkanes of at least 4 members (excludes halogenated alkanes) is 1. The molecule has 26 heteroatoms. The van der Waals surface area contributed by atoms with Gasteiger partial charge in [0.1, 0.15) is 42.0 Å². The Morgan fingerprint density at radius 3 is 1.80 bits per heavy atom. The monoisotopic (exact) mass is 1000 g/mol. The molecule has 1 aromatic heterocycles. The molecule has 9 amide bonds. The van der Waals surface area contributed by atoms with E-state index in [0.29, 0.717) is 30.5 Å². The molecule has 0 unspecified atom stereocenters. The zero-order valence-electron chi connectivity index (χ0n) is 40.5. The van der Waals surface area contributed by atoms with Crippen molar-refractivity contribution in [2.75, 3.05) is 19.6 Å². The van der Waals surface area contributed by atoms with Crippen LogP contribution < -0.4 is 59.7 Å². The SMILES string of the molecule is CC[C@H](C)[C@H](N)C(=O)N[C@@H](CC(C)C)C(=O)NCC(=O)N[C@@H](Cc1cnc[nH]1)C(=O)N[C@@H](CCCNC(N)=O)C(=O)N[C@@H](CC(=O)O)C(=O)N[C@@H](Cc1ccc(O)cc1)C(=O)N[C@@H](CCCCN)C(=O)O. The zero-order chi connectivity index (χ0) is 53.2. The lowest BCUT2D eigenvalue weighted by Gasteiger charge is -2.27. The molecule has 26 nitrogen and oxygen atoms in total. The maximum absolute atomic E-state index is 14.1. The Morgan fingerprint density at radius 2 is 1.24 bits per heavy atom. The minimum absolute atomic E-state index is 0.00463. The summed E-state index contributed by atoms with van der Waals surface area (Å²) in [5.41, 5.74) is 17.6. The standard InChI is InChI=1S/C45H71N13O13/c1-5-25(4)37(47)43(68)58-31(17-24(2)3)38(63)51-22-35(60)53-33(19-27-21-49-23-52-27)41(66)54-29(10-8-16-50-45(48)71)39(64)57-34(20-36(61)62)42(67)56-32(18-26-11-13-28(59)14-12-26)40(65)55-30(44(69)70)9-6-7-15-46/h11-14,21,23-25,29-34,37,59H,5-10,15-20,22,46-47H2,1-4H3,(H,49,52)(H,51,63)(H,53,60)(H,54,66)(H,55,65)(H,56,67)(H,57,64)(H,58,68)(H,61,62)(H,69,70)(H3,48,50,71)/t25-,29-,30-,31-,32-,33-,34-,37-/m0/s1.